The number of aryl methyl sites for hydroxylation is 1. The largest absolute Gasteiger partial charge is 0.443 e. The predicted molar refractivity (Wildman–Crippen MR) is 102 cm³/mol. The fourth-order valence-corrected chi connectivity index (χ4v) is 5.28. The first-order valence-electron chi connectivity index (χ1n) is 9.07. The summed E-state index contributed by atoms with van der Waals surface area (Å²) in [6.45, 7) is 1.84. The van der Waals surface area contributed by atoms with E-state index < -0.39 is 32.6 Å². The summed E-state index contributed by atoms with van der Waals surface area (Å²) < 4.78 is 62.4. The van der Waals surface area contributed by atoms with Gasteiger partial charge in [0.05, 0.1) is 16.5 Å². The van der Waals surface area contributed by atoms with Crippen LogP contribution >= 0.6 is 0 Å². The number of rotatable bonds is 4. The van der Waals surface area contributed by atoms with Crippen LogP contribution < -0.4 is 5.69 Å². The number of halogens is 2. The Balaban J connectivity index is 1.96. The van der Waals surface area contributed by atoms with Crippen molar-refractivity contribution in [1.29, 1.82) is 0 Å². The van der Waals surface area contributed by atoms with Crippen LogP contribution in [0.3, 0.4) is 0 Å². The smallest absolute Gasteiger partial charge is 0.347 e. The van der Waals surface area contributed by atoms with Crippen molar-refractivity contribution in [2.24, 2.45) is 0 Å². The summed E-state index contributed by atoms with van der Waals surface area (Å²) in [5, 5.41) is -0.722. The number of fused-ring (bicyclic) bond motifs is 2. The molecule has 1 saturated carbocycles. The van der Waals surface area contributed by atoms with Crippen molar-refractivity contribution in [2.45, 2.75) is 31.4 Å². The van der Waals surface area contributed by atoms with Gasteiger partial charge in [-0.15, -0.1) is 0 Å². The zero-order chi connectivity index (χ0) is 20.5. The van der Waals surface area contributed by atoms with Gasteiger partial charge in [-0.05, 0) is 37.0 Å². The van der Waals surface area contributed by atoms with Gasteiger partial charge in [-0.25, -0.2) is 27.0 Å². The van der Waals surface area contributed by atoms with Gasteiger partial charge >= 0.3 is 5.69 Å². The topological polar surface area (TPSA) is 87.1 Å². The average molecular weight is 419 g/mol. The maximum Gasteiger partial charge on any atom is 0.347 e. The van der Waals surface area contributed by atoms with Gasteiger partial charge in [0, 0.05) is 6.07 Å². The zero-order valence-electron chi connectivity index (χ0n) is 15.2. The first kappa shape index (κ1) is 18.0. The molecule has 29 heavy (non-hydrogen) atoms. The van der Waals surface area contributed by atoms with Crippen LogP contribution in [-0.4, -0.2) is 27.2 Å². The molecule has 2 heterocycles. The van der Waals surface area contributed by atoms with E-state index in [1.54, 1.807) is 6.07 Å². The van der Waals surface area contributed by atoms with Crippen LogP contribution in [0.4, 0.5) is 8.78 Å². The molecule has 5 rings (SSSR count). The molecule has 7 nitrogen and oxygen atoms in total. The van der Waals surface area contributed by atoms with Crippen LogP contribution in [-0.2, 0) is 16.4 Å². The fourth-order valence-electron chi connectivity index (χ4n) is 3.53. The third kappa shape index (κ3) is 2.48. The highest BCUT2D eigenvalue weighted by molar-refractivity contribution is 7.91. The number of imidazole rings is 1. The van der Waals surface area contributed by atoms with Gasteiger partial charge in [-0.3, -0.25) is 4.57 Å². The molecule has 2 aromatic carbocycles. The Morgan fingerprint density at radius 3 is 2.66 bits per heavy atom. The van der Waals surface area contributed by atoms with E-state index in [9.17, 15) is 17.6 Å². The van der Waals surface area contributed by atoms with E-state index in [1.807, 2.05) is 6.92 Å². The first-order chi connectivity index (χ1) is 13.8. The molecule has 0 aliphatic heterocycles. The van der Waals surface area contributed by atoms with Crippen molar-refractivity contribution in [2.75, 3.05) is 0 Å². The number of aromatic nitrogens is 3. The summed E-state index contributed by atoms with van der Waals surface area (Å²) in [7, 11) is -4.07. The third-order valence-electron chi connectivity index (χ3n) is 5.19. The van der Waals surface area contributed by atoms with Gasteiger partial charge in [0.15, 0.2) is 17.8 Å². The monoisotopic (exact) mass is 419 g/mol. The Kier molecular flexibility index (Phi) is 3.73. The molecular formula is C19H15F2N3O4S. The van der Waals surface area contributed by atoms with Gasteiger partial charge in [0.2, 0.25) is 10.0 Å². The highest BCUT2D eigenvalue weighted by Crippen LogP contribution is 2.34. The second kappa shape index (κ2) is 5.99. The van der Waals surface area contributed by atoms with E-state index in [0.717, 1.165) is 11.0 Å². The summed E-state index contributed by atoms with van der Waals surface area (Å²) in [5.41, 5.74) is -1.34. The Labute approximate surface area is 163 Å². The van der Waals surface area contributed by atoms with E-state index in [4.69, 9.17) is 4.42 Å². The number of benzene rings is 2. The van der Waals surface area contributed by atoms with Gasteiger partial charge in [-0.1, -0.05) is 13.0 Å². The molecule has 0 amide bonds. The number of hydrogen-bond acceptors (Lipinski definition) is 5. The Hall–Kier alpha value is -3.01. The molecule has 0 saturated heterocycles. The molecule has 2 aromatic heterocycles. The minimum Gasteiger partial charge on any atom is -0.443 e. The highest BCUT2D eigenvalue weighted by atomic mass is 32.2. The lowest BCUT2D eigenvalue weighted by atomic mass is 10.1. The van der Waals surface area contributed by atoms with E-state index >= 15 is 4.39 Å². The van der Waals surface area contributed by atoms with E-state index in [0.29, 0.717) is 28.8 Å². The number of hydrogen-bond donors (Lipinski definition) is 0. The molecule has 150 valence electrons. The molecule has 1 aliphatic rings. The number of nitrogens with zero attached hydrogens (tertiary/aromatic N) is 3. The summed E-state index contributed by atoms with van der Waals surface area (Å²) in [6.07, 6.45) is 2.41. The Morgan fingerprint density at radius 2 is 2.00 bits per heavy atom. The molecule has 0 unspecified atom stereocenters. The molecule has 0 bridgehead atoms. The van der Waals surface area contributed by atoms with Gasteiger partial charge in [-0.2, -0.15) is 3.97 Å². The van der Waals surface area contributed by atoms with Crippen molar-refractivity contribution in [3.63, 3.8) is 0 Å². The molecule has 4 aromatic rings. The van der Waals surface area contributed by atoms with Crippen molar-refractivity contribution in [3.8, 4) is 5.69 Å². The summed E-state index contributed by atoms with van der Waals surface area (Å²) in [6, 6.07) is 5.44. The average Bonchev–Trinajstić information content (AvgIpc) is 3.37. The van der Waals surface area contributed by atoms with Crippen molar-refractivity contribution in [3.05, 3.63) is 58.3 Å². The SMILES string of the molecule is CCc1ccc(-n2c(=O)n(S(=O)(=O)C3CC3)c3cc4ocnc4c(F)c32)c(F)c1. The maximum atomic E-state index is 15.3. The highest BCUT2D eigenvalue weighted by Gasteiger charge is 2.40. The van der Waals surface area contributed by atoms with Crippen molar-refractivity contribution < 1.29 is 21.6 Å². The second-order valence-corrected chi connectivity index (χ2v) is 9.09. The zero-order valence-corrected chi connectivity index (χ0v) is 16.0. The standard InChI is InChI=1S/C19H15F2N3O4S/c1-2-10-3-6-13(12(20)7-10)23-18-14(8-15-17(16(18)21)22-9-28-15)24(19(23)25)29(26,27)11-4-5-11/h3,6-9,11H,2,4-5H2,1H3. The molecule has 0 N–H and O–H groups in total. The Morgan fingerprint density at radius 1 is 1.24 bits per heavy atom. The van der Waals surface area contributed by atoms with Crippen LogP contribution in [0, 0.1) is 11.6 Å². The molecule has 0 radical (unpaired) electrons. The van der Waals surface area contributed by atoms with Crippen molar-refractivity contribution >= 4 is 32.2 Å². The lowest BCUT2D eigenvalue weighted by molar-refractivity contribution is 0.583. The van der Waals surface area contributed by atoms with E-state index in [1.165, 1.54) is 18.2 Å². The molecule has 1 aliphatic carbocycles. The van der Waals surface area contributed by atoms with Crippen LogP contribution in [0.25, 0.3) is 27.8 Å². The molecule has 10 heteroatoms. The second-order valence-electron chi connectivity index (χ2n) is 7.02. The predicted octanol–water partition coefficient (Wildman–Crippen LogP) is 3.11. The molecule has 0 atom stereocenters. The van der Waals surface area contributed by atoms with Crippen LogP contribution in [0.15, 0.2) is 39.9 Å². The maximum absolute atomic E-state index is 15.3. The summed E-state index contributed by atoms with van der Waals surface area (Å²) in [5.74, 6) is -1.71. The normalized spacial score (nSPS) is 14.9. The summed E-state index contributed by atoms with van der Waals surface area (Å²) in [4.78, 5) is 17.0. The molecule has 0 spiro atoms. The minimum absolute atomic E-state index is 0.00583. The van der Waals surface area contributed by atoms with Gasteiger partial charge < -0.3 is 4.42 Å². The van der Waals surface area contributed by atoms with E-state index in [-0.39, 0.29) is 27.8 Å². The quantitative estimate of drug-likeness (QED) is 0.507. The number of oxazole rings is 1. The minimum atomic E-state index is -4.07. The van der Waals surface area contributed by atoms with Gasteiger partial charge in [0.1, 0.15) is 16.9 Å². The molecular weight excluding hydrogens is 404 g/mol. The van der Waals surface area contributed by atoms with Crippen LogP contribution in [0.2, 0.25) is 0 Å². The van der Waals surface area contributed by atoms with Crippen molar-refractivity contribution in [1.82, 2.24) is 13.5 Å². The first-order valence-corrected chi connectivity index (χ1v) is 10.6. The lowest BCUT2D eigenvalue weighted by Gasteiger charge is -2.07. The van der Waals surface area contributed by atoms with Crippen LogP contribution in [0.1, 0.15) is 25.3 Å². The van der Waals surface area contributed by atoms with Gasteiger partial charge in [0.25, 0.3) is 0 Å². The third-order valence-corrected chi connectivity index (χ3v) is 7.37. The van der Waals surface area contributed by atoms with Crippen LogP contribution in [0.5, 0.6) is 0 Å². The summed E-state index contributed by atoms with van der Waals surface area (Å²) >= 11 is 0. The lowest BCUT2D eigenvalue weighted by Crippen LogP contribution is -2.31. The Bertz CT molecular complexity index is 1460. The molecule has 1 fully saturated rings. The van der Waals surface area contributed by atoms with E-state index in [2.05, 4.69) is 4.98 Å². The fraction of sp³-hybridized carbons (Fsp3) is 0.263.